The van der Waals surface area contributed by atoms with Gasteiger partial charge < -0.3 is 15.3 Å². The molecule has 2 aromatic rings. The molecule has 3 heterocycles. The first kappa shape index (κ1) is 22.7. The van der Waals surface area contributed by atoms with Gasteiger partial charge in [0, 0.05) is 36.9 Å². The van der Waals surface area contributed by atoms with Gasteiger partial charge in [-0.2, -0.15) is 15.0 Å². The number of nitrogens with one attached hydrogen (secondary N) is 1. The largest absolute Gasteiger partial charge is 0.493 e. The molecule has 2 fully saturated rings. The molecular formula is C25H30N6O2. The third-order valence-electron chi connectivity index (χ3n) is 6.50. The van der Waals surface area contributed by atoms with Gasteiger partial charge in [-0.3, -0.25) is 4.79 Å². The van der Waals surface area contributed by atoms with E-state index in [-0.39, 0.29) is 17.8 Å². The first-order valence-electron chi connectivity index (χ1n) is 11.4. The van der Waals surface area contributed by atoms with Crippen molar-refractivity contribution >= 4 is 11.5 Å². The van der Waals surface area contributed by atoms with Crippen molar-refractivity contribution in [1.29, 1.82) is 5.26 Å². The van der Waals surface area contributed by atoms with Crippen molar-refractivity contribution in [3.05, 3.63) is 52.9 Å². The third-order valence-corrected chi connectivity index (χ3v) is 6.50. The molecule has 1 saturated heterocycles. The molecule has 2 aromatic heterocycles. The second-order valence-electron chi connectivity index (χ2n) is 8.96. The molecule has 1 saturated carbocycles. The summed E-state index contributed by atoms with van der Waals surface area (Å²) in [6.07, 6.45) is 9.44. The van der Waals surface area contributed by atoms with Crippen LogP contribution in [0.1, 0.15) is 62.4 Å². The average molecular weight is 447 g/mol. The number of likely N-dealkylation sites (tertiary alicyclic amines) is 1. The Morgan fingerprint density at radius 2 is 1.91 bits per heavy atom. The molecule has 2 N–H and O–H groups in total. The van der Waals surface area contributed by atoms with Gasteiger partial charge >= 0.3 is 0 Å². The molecule has 0 aromatic carbocycles. The van der Waals surface area contributed by atoms with Gasteiger partial charge in [0.25, 0.3) is 5.91 Å². The second kappa shape index (κ2) is 9.59. The Bertz CT molecular complexity index is 1130. The lowest BCUT2D eigenvalue weighted by molar-refractivity contribution is 0.0908. The van der Waals surface area contributed by atoms with Gasteiger partial charge in [-0.25, -0.2) is 4.98 Å². The van der Waals surface area contributed by atoms with E-state index in [2.05, 4.69) is 26.4 Å². The molecule has 1 amide bonds. The number of piperidine rings is 1. The minimum Gasteiger partial charge on any atom is -0.493 e. The summed E-state index contributed by atoms with van der Waals surface area (Å²) in [5.41, 5.74) is 3.32. The summed E-state index contributed by atoms with van der Waals surface area (Å²) in [6, 6.07) is 6.44. The number of aromatic hydroxyl groups is 1. The van der Waals surface area contributed by atoms with Crippen molar-refractivity contribution in [1.82, 2.24) is 25.0 Å². The lowest BCUT2D eigenvalue weighted by Gasteiger charge is -2.32. The van der Waals surface area contributed by atoms with Crippen LogP contribution in [0, 0.1) is 11.3 Å². The molecule has 172 valence electrons. The normalized spacial score (nSPS) is 18.5. The van der Waals surface area contributed by atoms with Crippen LogP contribution in [0.15, 0.2) is 41.7 Å². The number of hydrogen-bond acceptors (Lipinski definition) is 6. The van der Waals surface area contributed by atoms with E-state index in [9.17, 15) is 9.90 Å². The zero-order valence-electron chi connectivity index (χ0n) is 19.4. The number of pyridine rings is 1. The number of nitriles is 1. The average Bonchev–Trinajstić information content (AvgIpc) is 3.61. The van der Waals surface area contributed by atoms with Crippen molar-refractivity contribution in [3.63, 3.8) is 0 Å². The van der Waals surface area contributed by atoms with Gasteiger partial charge in [0.15, 0.2) is 5.82 Å². The van der Waals surface area contributed by atoms with Crippen LogP contribution in [-0.2, 0) is 0 Å². The fourth-order valence-electron chi connectivity index (χ4n) is 4.21. The summed E-state index contributed by atoms with van der Waals surface area (Å²) in [5.74, 6) is 0.252. The number of hydrogen-bond donors (Lipinski definition) is 2. The van der Waals surface area contributed by atoms with Crippen LogP contribution in [-0.4, -0.2) is 55.9 Å². The highest BCUT2D eigenvalue weighted by Gasteiger charge is 2.32. The van der Waals surface area contributed by atoms with E-state index in [4.69, 9.17) is 5.26 Å². The Labute approximate surface area is 194 Å². The number of rotatable bonds is 6. The lowest BCUT2D eigenvalue weighted by atomic mass is 10.0. The predicted octanol–water partition coefficient (Wildman–Crippen LogP) is 3.59. The summed E-state index contributed by atoms with van der Waals surface area (Å²) in [5, 5.41) is 27.1. The smallest absolute Gasteiger partial charge is 0.253 e. The summed E-state index contributed by atoms with van der Waals surface area (Å²) in [6.45, 7) is 7.58. The van der Waals surface area contributed by atoms with Crippen LogP contribution in [0.25, 0.3) is 11.4 Å². The van der Waals surface area contributed by atoms with Crippen molar-refractivity contribution in [2.45, 2.75) is 58.5 Å². The molecule has 2 aliphatic rings. The minimum atomic E-state index is -0.127. The van der Waals surface area contributed by atoms with Crippen LogP contribution in [0.4, 0.5) is 0 Å². The summed E-state index contributed by atoms with van der Waals surface area (Å²) < 4.78 is 1.34. The molecule has 1 aliphatic carbocycles. The molecular weight excluding hydrogens is 416 g/mol. The van der Waals surface area contributed by atoms with Crippen LogP contribution in [0.2, 0.25) is 0 Å². The van der Waals surface area contributed by atoms with Crippen LogP contribution in [0.3, 0.4) is 0 Å². The zero-order chi connectivity index (χ0) is 23.5. The molecule has 0 unspecified atom stereocenters. The predicted molar refractivity (Wildman–Crippen MR) is 126 cm³/mol. The van der Waals surface area contributed by atoms with Gasteiger partial charge in [-0.15, -0.1) is 0 Å². The third kappa shape index (κ3) is 5.15. The Morgan fingerprint density at radius 3 is 2.52 bits per heavy atom. The van der Waals surface area contributed by atoms with Crippen LogP contribution < -0.4 is 5.32 Å². The SMILES string of the molecule is C/C(C#N)=C\C(C)=C(/C)c1cnn(-c2ccc(C(=O)NC3CCN(C4CC4)CC3)cn2)c1O. The first-order valence-corrected chi connectivity index (χ1v) is 11.4. The summed E-state index contributed by atoms with van der Waals surface area (Å²) in [4.78, 5) is 19.5. The molecule has 8 nitrogen and oxygen atoms in total. The second-order valence-corrected chi connectivity index (χ2v) is 8.96. The van der Waals surface area contributed by atoms with E-state index in [0.717, 1.165) is 43.1 Å². The first-order chi connectivity index (χ1) is 15.9. The molecule has 0 spiro atoms. The summed E-state index contributed by atoms with van der Waals surface area (Å²) >= 11 is 0. The Morgan fingerprint density at radius 1 is 1.18 bits per heavy atom. The van der Waals surface area contributed by atoms with Crippen molar-refractivity contribution in [2.24, 2.45) is 0 Å². The van der Waals surface area contributed by atoms with Gasteiger partial charge in [-0.05, 0) is 75.8 Å². The van der Waals surface area contributed by atoms with Gasteiger partial charge in [-0.1, -0.05) is 0 Å². The monoisotopic (exact) mass is 446 g/mol. The number of amides is 1. The minimum absolute atomic E-state index is 0.0398. The van der Waals surface area contributed by atoms with Crippen molar-refractivity contribution in [3.8, 4) is 17.8 Å². The van der Waals surface area contributed by atoms with Gasteiger partial charge in [0.2, 0.25) is 5.88 Å². The highest BCUT2D eigenvalue weighted by atomic mass is 16.3. The maximum atomic E-state index is 12.7. The number of carbonyl (C=O) groups excluding carboxylic acids is 1. The number of aromatic nitrogens is 3. The summed E-state index contributed by atoms with van der Waals surface area (Å²) in [7, 11) is 0. The molecule has 0 radical (unpaired) electrons. The quantitative estimate of drug-likeness (QED) is 0.519. The van der Waals surface area contributed by atoms with Gasteiger partial charge in [0.1, 0.15) is 0 Å². The van der Waals surface area contributed by atoms with E-state index in [0.29, 0.717) is 22.5 Å². The van der Waals surface area contributed by atoms with Gasteiger partial charge in [0.05, 0.1) is 23.4 Å². The maximum absolute atomic E-state index is 12.7. The zero-order valence-corrected chi connectivity index (χ0v) is 19.4. The molecule has 1 aliphatic heterocycles. The Hall–Kier alpha value is -3.44. The van der Waals surface area contributed by atoms with E-state index in [1.165, 1.54) is 23.7 Å². The Balaban J connectivity index is 1.42. The highest BCUT2D eigenvalue weighted by Crippen LogP contribution is 2.30. The maximum Gasteiger partial charge on any atom is 0.253 e. The molecule has 0 bridgehead atoms. The number of carbonyl (C=O) groups is 1. The van der Waals surface area contributed by atoms with E-state index >= 15 is 0 Å². The van der Waals surface area contributed by atoms with E-state index in [1.807, 2.05) is 13.8 Å². The van der Waals surface area contributed by atoms with Crippen molar-refractivity contribution in [2.75, 3.05) is 13.1 Å². The van der Waals surface area contributed by atoms with Crippen LogP contribution in [0.5, 0.6) is 5.88 Å². The molecule has 8 heteroatoms. The fourth-order valence-corrected chi connectivity index (χ4v) is 4.21. The van der Waals surface area contributed by atoms with E-state index in [1.54, 1.807) is 31.3 Å². The fraction of sp³-hybridized carbons (Fsp3) is 0.440. The highest BCUT2D eigenvalue weighted by molar-refractivity contribution is 5.94. The van der Waals surface area contributed by atoms with Crippen molar-refractivity contribution < 1.29 is 9.90 Å². The number of allylic oxidation sites excluding steroid dienone is 4. The standard InChI is InChI=1S/C25H30N6O2/c1-16(13-26)12-17(2)18(3)22-15-28-31(25(22)33)23-7-4-19(14-27-23)24(32)29-20-8-10-30(11-9-20)21-5-6-21/h4,7,12,14-15,20-21,33H,5-6,8-11H2,1-3H3,(H,29,32)/b16-12+,18-17+. The molecule has 33 heavy (non-hydrogen) atoms. The topological polar surface area (TPSA) is 107 Å². The lowest BCUT2D eigenvalue weighted by Crippen LogP contribution is -2.45. The Kier molecular flexibility index (Phi) is 6.61. The molecule has 0 atom stereocenters. The number of nitrogens with zero attached hydrogens (tertiary/aromatic N) is 5. The van der Waals surface area contributed by atoms with E-state index < -0.39 is 0 Å². The molecule has 4 rings (SSSR count). The van der Waals surface area contributed by atoms with Crippen LogP contribution >= 0.6 is 0 Å².